The average molecular weight is 157 g/mol. The first-order valence-electron chi connectivity index (χ1n) is 5.00. The molecule has 1 nitrogen and oxygen atoms in total. The van der Waals surface area contributed by atoms with Crippen LogP contribution in [-0.4, -0.2) is 6.54 Å². The van der Waals surface area contributed by atoms with Gasteiger partial charge in [0.15, 0.2) is 0 Å². The highest BCUT2D eigenvalue weighted by Crippen LogP contribution is 2.22. The fourth-order valence-corrected chi connectivity index (χ4v) is 1.84. The standard InChI is InChI=1S/C10H23N/c1-4-7-9(5-2)10(6-3)8-11/h9-10H,4-8,11H2,1-3H3. The lowest BCUT2D eigenvalue weighted by Gasteiger charge is -2.23. The number of nitrogens with two attached hydrogens (primary N) is 1. The minimum Gasteiger partial charge on any atom is -0.330 e. The van der Waals surface area contributed by atoms with Gasteiger partial charge in [-0.2, -0.15) is 0 Å². The molecule has 0 heterocycles. The smallest absolute Gasteiger partial charge is 0.00463 e. The maximum absolute atomic E-state index is 5.69. The third kappa shape index (κ3) is 3.76. The lowest BCUT2D eigenvalue weighted by atomic mass is 9.85. The summed E-state index contributed by atoms with van der Waals surface area (Å²) >= 11 is 0. The maximum atomic E-state index is 5.69. The molecule has 0 rings (SSSR count). The second kappa shape index (κ2) is 6.66. The van der Waals surface area contributed by atoms with E-state index < -0.39 is 0 Å². The van der Waals surface area contributed by atoms with Crippen LogP contribution in [0.2, 0.25) is 0 Å². The molecule has 0 saturated carbocycles. The Kier molecular flexibility index (Phi) is 6.63. The summed E-state index contributed by atoms with van der Waals surface area (Å²) in [7, 11) is 0. The zero-order chi connectivity index (χ0) is 8.69. The van der Waals surface area contributed by atoms with Gasteiger partial charge < -0.3 is 5.73 Å². The fraction of sp³-hybridized carbons (Fsp3) is 1.00. The monoisotopic (exact) mass is 157 g/mol. The molecule has 2 unspecified atom stereocenters. The summed E-state index contributed by atoms with van der Waals surface area (Å²) in [5, 5.41) is 0. The SMILES string of the molecule is CCCC(CC)C(CC)CN. The van der Waals surface area contributed by atoms with E-state index in [1.54, 1.807) is 0 Å². The molecule has 0 aliphatic rings. The zero-order valence-corrected chi connectivity index (χ0v) is 8.27. The van der Waals surface area contributed by atoms with E-state index in [2.05, 4.69) is 20.8 Å². The predicted molar refractivity (Wildman–Crippen MR) is 51.5 cm³/mol. The highest BCUT2D eigenvalue weighted by molar-refractivity contribution is 4.67. The minimum absolute atomic E-state index is 0.764. The first-order valence-corrected chi connectivity index (χ1v) is 5.00. The van der Waals surface area contributed by atoms with Gasteiger partial charge in [0.05, 0.1) is 0 Å². The van der Waals surface area contributed by atoms with Crippen molar-refractivity contribution in [3.05, 3.63) is 0 Å². The Bertz CT molecular complexity index is 76.9. The third-order valence-corrected chi connectivity index (χ3v) is 2.68. The van der Waals surface area contributed by atoms with Crippen molar-refractivity contribution in [2.75, 3.05) is 6.54 Å². The molecule has 0 fully saturated rings. The van der Waals surface area contributed by atoms with E-state index in [-0.39, 0.29) is 0 Å². The van der Waals surface area contributed by atoms with Crippen LogP contribution in [0, 0.1) is 11.8 Å². The van der Waals surface area contributed by atoms with Crippen LogP contribution in [0.4, 0.5) is 0 Å². The minimum atomic E-state index is 0.764. The van der Waals surface area contributed by atoms with Crippen LogP contribution in [0.25, 0.3) is 0 Å². The summed E-state index contributed by atoms with van der Waals surface area (Å²) in [6.07, 6.45) is 5.19. The van der Waals surface area contributed by atoms with Gasteiger partial charge in [-0.1, -0.05) is 46.5 Å². The van der Waals surface area contributed by atoms with Gasteiger partial charge in [-0.25, -0.2) is 0 Å². The van der Waals surface area contributed by atoms with Crippen molar-refractivity contribution in [3.8, 4) is 0 Å². The van der Waals surface area contributed by atoms with E-state index in [4.69, 9.17) is 5.73 Å². The van der Waals surface area contributed by atoms with Crippen LogP contribution >= 0.6 is 0 Å². The molecule has 0 aliphatic carbocycles. The van der Waals surface area contributed by atoms with E-state index in [0.29, 0.717) is 0 Å². The lowest BCUT2D eigenvalue weighted by Crippen LogP contribution is -2.22. The molecule has 11 heavy (non-hydrogen) atoms. The molecule has 0 aromatic carbocycles. The van der Waals surface area contributed by atoms with Crippen molar-refractivity contribution in [1.82, 2.24) is 0 Å². The van der Waals surface area contributed by atoms with Gasteiger partial charge in [0.2, 0.25) is 0 Å². The van der Waals surface area contributed by atoms with Crippen LogP contribution in [0.5, 0.6) is 0 Å². The molecular formula is C10H23N. The van der Waals surface area contributed by atoms with Crippen LogP contribution in [0.15, 0.2) is 0 Å². The first-order chi connectivity index (χ1) is 5.29. The summed E-state index contributed by atoms with van der Waals surface area (Å²) in [5.74, 6) is 1.63. The molecule has 0 radical (unpaired) electrons. The van der Waals surface area contributed by atoms with E-state index in [9.17, 15) is 0 Å². The topological polar surface area (TPSA) is 26.0 Å². The maximum Gasteiger partial charge on any atom is -0.00463 e. The van der Waals surface area contributed by atoms with Gasteiger partial charge in [0.1, 0.15) is 0 Å². The van der Waals surface area contributed by atoms with E-state index in [1.165, 1.54) is 25.7 Å². The third-order valence-electron chi connectivity index (χ3n) is 2.68. The van der Waals surface area contributed by atoms with Crippen molar-refractivity contribution < 1.29 is 0 Å². The Balaban J connectivity index is 3.76. The van der Waals surface area contributed by atoms with Crippen molar-refractivity contribution in [2.45, 2.75) is 46.5 Å². The number of hydrogen-bond donors (Lipinski definition) is 1. The Morgan fingerprint density at radius 2 is 1.55 bits per heavy atom. The number of hydrogen-bond acceptors (Lipinski definition) is 1. The molecule has 0 aliphatic heterocycles. The van der Waals surface area contributed by atoms with Gasteiger partial charge in [0, 0.05) is 0 Å². The van der Waals surface area contributed by atoms with Crippen LogP contribution in [0.1, 0.15) is 46.5 Å². The van der Waals surface area contributed by atoms with Crippen molar-refractivity contribution >= 4 is 0 Å². The molecular weight excluding hydrogens is 134 g/mol. The van der Waals surface area contributed by atoms with Crippen LogP contribution in [0.3, 0.4) is 0 Å². The highest BCUT2D eigenvalue weighted by atomic mass is 14.6. The Morgan fingerprint density at radius 1 is 1.00 bits per heavy atom. The Labute approximate surface area is 71.4 Å². The summed E-state index contributed by atoms with van der Waals surface area (Å²) < 4.78 is 0. The first kappa shape index (κ1) is 11.0. The molecule has 0 bridgehead atoms. The Morgan fingerprint density at radius 3 is 1.82 bits per heavy atom. The van der Waals surface area contributed by atoms with Crippen molar-refractivity contribution in [3.63, 3.8) is 0 Å². The predicted octanol–water partition coefficient (Wildman–Crippen LogP) is 2.80. The molecule has 0 aromatic rings. The normalized spacial score (nSPS) is 16.4. The molecule has 2 atom stereocenters. The molecule has 0 spiro atoms. The summed E-state index contributed by atoms with van der Waals surface area (Å²) in [6, 6.07) is 0. The number of rotatable bonds is 6. The van der Waals surface area contributed by atoms with Crippen LogP contribution < -0.4 is 5.73 Å². The quantitative estimate of drug-likeness (QED) is 0.630. The van der Waals surface area contributed by atoms with Gasteiger partial charge in [0.25, 0.3) is 0 Å². The molecule has 0 saturated heterocycles. The second-order valence-electron chi connectivity index (χ2n) is 3.36. The van der Waals surface area contributed by atoms with Gasteiger partial charge in [-0.3, -0.25) is 0 Å². The van der Waals surface area contributed by atoms with E-state index in [1.807, 2.05) is 0 Å². The summed E-state index contributed by atoms with van der Waals surface area (Å²) in [4.78, 5) is 0. The van der Waals surface area contributed by atoms with Gasteiger partial charge in [-0.15, -0.1) is 0 Å². The van der Waals surface area contributed by atoms with Gasteiger partial charge in [-0.05, 0) is 18.4 Å². The van der Waals surface area contributed by atoms with E-state index >= 15 is 0 Å². The van der Waals surface area contributed by atoms with Crippen molar-refractivity contribution in [1.29, 1.82) is 0 Å². The molecule has 0 aromatic heterocycles. The molecule has 2 N–H and O–H groups in total. The second-order valence-corrected chi connectivity index (χ2v) is 3.36. The molecule has 0 amide bonds. The zero-order valence-electron chi connectivity index (χ0n) is 8.27. The molecule has 68 valence electrons. The van der Waals surface area contributed by atoms with Crippen LogP contribution in [-0.2, 0) is 0 Å². The summed E-state index contributed by atoms with van der Waals surface area (Å²) in [5.41, 5.74) is 5.69. The van der Waals surface area contributed by atoms with Gasteiger partial charge >= 0.3 is 0 Å². The lowest BCUT2D eigenvalue weighted by molar-refractivity contribution is 0.299. The largest absolute Gasteiger partial charge is 0.330 e. The average Bonchev–Trinajstić information content (AvgIpc) is 2.05. The molecule has 1 heteroatoms. The summed E-state index contributed by atoms with van der Waals surface area (Å²) in [6.45, 7) is 7.65. The van der Waals surface area contributed by atoms with Crippen molar-refractivity contribution in [2.24, 2.45) is 17.6 Å². The fourth-order valence-electron chi connectivity index (χ4n) is 1.84. The Hall–Kier alpha value is -0.0400. The van der Waals surface area contributed by atoms with E-state index in [0.717, 1.165) is 18.4 Å². The highest BCUT2D eigenvalue weighted by Gasteiger charge is 2.15.